The lowest BCUT2D eigenvalue weighted by atomic mass is 10.0. The number of nitro groups is 1. The normalized spacial score (nSPS) is 15.1. The number of nitro benzene ring substituents is 1. The van der Waals surface area contributed by atoms with E-state index in [1.54, 1.807) is 19.1 Å². The summed E-state index contributed by atoms with van der Waals surface area (Å²) in [5, 5.41) is 10.9. The van der Waals surface area contributed by atoms with Crippen LogP contribution in [0.1, 0.15) is 46.8 Å². The van der Waals surface area contributed by atoms with E-state index in [9.17, 15) is 14.9 Å². The first kappa shape index (κ1) is 20.0. The van der Waals surface area contributed by atoms with Crippen LogP contribution in [0, 0.1) is 17.0 Å². The van der Waals surface area contributed by atoms with Crippen molar-refractivity contribution in [3.63, 3.8) is 0 Å². The number of hydrogen-bond donors (Lipinski definition) is 1. The van der Waals surface area contributed by atoms with Crippen LogP contribution >= 0.6 is 0 Å². The van der Waals surface area contributed by atoms with E-state index in [0.717, 1.165) is 19.6 Å². The highest BCUT2D eigenvalue weighted by molar-refractivity contribution is 5.94. The Morgan fingerprint density at radius 1 is 1.14 bits per heavy atom. The first-order valence-electron chi connectivity index (χ1n) is 9.82. The molecule has 3 rings (SSSR count). The van der Waals surface area contributed by atoms with Crippen LogP contribution in [-0.2, 0) is 6.54 Å². The number of nitrogens with one attached hydrogen (secondary N) is 1. The number of carbonyl (C=O) groups excluding carboxylic acids is 1. The molecule has 0 bridgehead atoms. The summed E-state index contributed by atoms with van der Waals surface area (Å²) in [7, 11) is 0. The molecule has 0 unspecified atom stereocenters. The molecule has 1 saturated heterocycles. The van der Waals surface area contributed by atoms with Crippen LogP contribution in [0.3, 0.4) is 0 Å². The van der Waals surface area contributed by atoms with Crippen molar-refractivity contribution >= 4 is 11.6 Å². The molecule has 1 aliphatic rings. The van der Waals surface area contributed by atoms with E-state index in [1.807, 2.05) is 4.90 Å². The van der Waals surface area contributed by atoms with E-state index < -0.39 is 4.92 Å². The second-order valence-electron chi connectivity index (χ2n) is 7.87. The lowest BCUT2D eigenvalue weighted by Crippen LogP contribution is -3.13. The quantitative estimate of drug-likeness (QED) is 0.638. The van der Waals surface area contributed by atoms with Gasteiger partial charge in [0.1, 0.15) is 6.54 Å². The number of quaternary nitrogens is 1. The summed E-state index contributed by atoms with van der Waals surface area (Å²) in [5.41, 5.74) is 3.77. The Kier molecular flexibility index (Phi) is 6.09. The first-order chi connectivity index (χ1) is 13.3. The number of nitrogens with zero attached hydrogens (tertiary/aromatic N) is 2. The number of rotatable bonds is 5. The average molecular weight is 382 g/mol. The van der Waals surface area contributed by atoms with Gasteiger partial charge in [-0.2, -0.15) is 0 Å². The van der Waals surface area contributed by atoms with Gasteiger partial charge < -0.3 is 9.80 Å². The second-order valence-corrected chi connectivity index (χ2v) is 7.87. The van der Waals surface area contributed by atoms with Gasteiger partial charge in [-0.15, -0.1) is 0 Å². The minimum atomic E-state index is -0.417. The molecule has 0 aliphatic carbocycles. The monoisotopic (exact) mass is 382 g/mol. The first-order valence-corrected chi connectivity index (χ1v) is 9.82. The lowest BCUT2D eigenvalue weighted by molar-refractivity contribution is -0.917. The molecular weight excluding hydrogens is 354 g/mol. The van der Waals surface area contributed by atoms with Gasteiger partial charge in [-0.05, 0) is 30.5 Å². The van der Waals surface area contributed by atoms with Gasteiger partial charge in [-0.25, -0.2) is 0 Å². The lowest BCUT2D eigenvalue weighted by Gasteiger charge is -2.32. The highest BCUT2D eigenvalue weighted by Crippen LogP contribution is 2.20. The third kappa shape index (κ3) is 4.57. The highest BCUT2D eigenvalue weighted by atomic mass is 16.6. The molecule has 1 aliphatic heterocycles. The fourth-order valence-electron chi connectivity index (χ4n) is 3.69. The van der Waals surface area contributed by atoms with Gasteiger partial charge in [0.2, 0.25) is 0 Å². The number of amides is 1. The van der Waals surface area contributed by atoms with Gasteiger partial charge in [0.15, 0.2) is 0 Å². The van der Waals surface area contributed by atoms with E-state index >= 15 is 0 Å². The number of aryl methyl sites for hydroxylation is 1. The summed E-state index contributed by atoms with van der Waals surface area (Å²) in [6.07, 6.45) is 0. The van der Waals surface area contributed by atoms with Crippen LogP contribution in [0.5, 0.6) is 0 Å². The summed E-state index contributed by atoms with van der Waals surface area (Å²) < 4.78 is 0. The van der Waals surface area contributed by atoms with Gasteiger partial charge in [-0.1, -0.05) is 38.1 Å². The van der Waals surface area contributed by atoms with Crippen LogP contribution < -0.4 is 4.90 Å². The molecule has 1 heterocycles. The van der Waals surface area contributed by atoms with Gasteiger partial charge in [0.05, 0.1) is 31.1 Å². The Labute approximate surface area is 165 Å². The maximum atomic E-state index is 12.7. The van der Waals surface area contributed by atoms with Gasteiger partial charge >= 0.3 is 0 Å². The minimum Gasteiger partial charge on any atom is -0.328 e. The molecule has 148 valence electrons. The van der Waals surface area contributed by atoms with Crippen molar-refractivity contribution in [2.24, 2.45) is 0 Å². The molecule has 0 radical (unpaired) electrons. The van der Waals surface area contributed by atoms with Gasteiger partial charge in [0, 0.05) is 22.8 Å². The third-order valence-electron chi connectivity index (χ3n) is 5.50. The van der Waals surface area contributed by atoms with Crippen molar-refractivity contribution in [3.8, 4) is 0 Å². The minimum absolute atomic E-state index is 0.0432. The molecule has 1 fully saturated rings. The van der Waals surface area contributed by atoms with E-state index in [4.69, 9.17) is 0 Å². The Balaban J connectivity index is 1.56. The van der Waals surface area contributed by atoms with Crippen LogP contribution in [0.4, 0.5) is 5.69 Å². The zero-order valence-electron chi connectivity index (χ0n) is 16.8. The topological polar surface area (TPSA) is 67.9 Å². The molecule has 6 heteroatoms. The van der Waals surface area contributed by atoms with Crippen LogP contribution in [0.25, 0.3) is 0 Å². The zero-order valence-corrected chi connectivity index (χ0v) is 16.8. The number of piperazine rings is 1. The molecule has 6 nitrogen and oxygen atoms in total. The van der Waals surface area contributed by atoms with Crippen molar-refractivity contribution in [3.05, 3.63) is 74.8 Å². The summed E-state index contributed by atoms with van der Waals surface area (Å²) in [6.45, 7) is 10.3. The number of carbonyl (C=O) groups is 1. The predicted molar refractivity (Wildman–Crippen MR) is 109 cm³/mol. The molecule has 2 aromatic carbocycles. The van der Waals surface area contributed by atoms with Crippen molar-refractivity contribution in [1.29, 1.82) is 0 Å². The van der Waals surface area contributed by atoms with E-state index in [0.29, 0.717) is 30.1 Å². The fourth-order valence-corrected chi connectivity index (χ4v) is 3.69. The average Bonchev–Trinajstić information content (AvgIpc) is 2.68. The Hall–Kier alpha value is -2.73. The maximum absolute atomic E-state index is 12.7. The molecular formula is C22H28N3O3+. The molecule has 0 atom stereocenters. The van der Waals surface area contributed by atoms with Crippen LogP contribution in [-0.4, -0.2) is 41.9 Å². The molecule has 28 heavy (non-hydrogen) atoms. The van der Waals surface area contributed by atoms with E-state index in [1.165, 1.54) is 22.1 Å². The van der Waals surface area contributed by atoms with Crippen molar-refractivity contribution < 1.29 is 14.6 Å². The molecule has 0 saturated carbocycles. The van der Waals surface area contributed by atoms with Crippen molar-refractivity contribution in [1.82, 2.24) is 4.90 Å². The molecule has 2 aromatic rings. The van der Waals surface area contributed by atoms with E-state index in [2.05, 4.69) is 38.1 Å². The standard InChI is InChI=1S/C22H27N3O3/c1-16(2)19-6-4-18(5-7-19)15-23-10-12-24(13-11-23)22(26)20-8-9-21(25(27)28)17(3)14-20/h4-9,14,16H,10-13,15H2,1-3H3/p+1. The number of benzene rings is 2. The smallest absolute Gasteiger partial charge is 0.272 e. The molecule has 1 N–H and O–H groups in total. The summed E-state index contributed by atoms with van der Waals surface area (Å²) in [5.74, 6) is 0.498. The van der Waals surface area contributed by atoms with Crippen molar-refractivity contribution in [2.75, 3.05) is 26.2 Å². The Morgan fingerprint density at radius 3 is 2.32 bits per heavy atom. The van der Waals surface area contributed by atoms with E-state index in [-0.39, 0.29) is 11.6 Å². The summed E-state index contributed by atoms with van der Waals surface area (Å²) >= 11 is 0. The zero-order chi connectivity index (χ0) is 20.3. The SMILES string of the molecule is Cc1cc(C(=O)N2CC[NH+](Cc3ccc(C(C)C)cc3)CC2)ccc1[N+](=O)[O-]. The second kappa shape index (κ2) is 8.52. The van der Waals surface area contributed by atoms with Crippen LogP contribution in [0.15, 0.2) is 42.5 Å². The summed E-state index contributed by atoms with van der Waals surface area (Å²) in [6, 6.07) is 13.4. The van der Waals surface area contributed by atoms with Crippen LogP contribution in [0.2, 0.25) is 0 Å². The maximum Gasteiger partial charge on any atom is 0.272 e. The third-order valence-corrected chi connectivity index (χ3v) is 5.50. The predicted octanol–water partition coefficient (Wildman–Crippen LogP) is 2.57. The fraction of sp³-hybridized carbons (Fsp3) is 0.409. The van der Waals surface area contributed by atoms with Crippen molar-refractivity contribution in [2.45, 2.75) is 33.2 Å². The molecule has 0 aromatic heterocycles. The molecule has 0 spiro atoms. The molecule has 1 amide bonds. The van der Waals surface area contributed by atoms with Gasteiger partial charge in [0.25, 0.3) is 11.6 Å². The highest BCUT2D eigenvalue weighted by Gasteiger charge is 2.25. The largest absolute Gasteiger partial charge is 0.328 e. The Bertz CT molecular complexity index is 854. The number of hydrogen-bond acceptors (Lipinski definition) is 3. The Morgan fingerprint density at radius 2 is 1.79 bits per heavy atom. The summed E-state index contributed by atoms with van der Waals surface area (Å²) in [4.78, 5) is 26.6. The van der Waals surface area contributed by atoms with Gasteiger partial charge in [-0.3, -0.25) is 14.9 Å².